The van der Waals surface area contributed by atoms with Crippen molar-refractivity contribution in [3.63, 3.8) is 0 Å². The van der Waals surface area contributed by atoms with Gasteiger partial charge in [0.2, 0.25) is 0 Å². The highest BCUT2D eigenvalue weighted by Gasteiger charge is 2.24. The highest BCUT2D eigenvalue weighted by atomic mass is 79.9. The summed E-state index contributed by atoms with van der Waals surface area (Å²) < 4.78 is 2.92. The molecule has 3 nitrogen and oxygen atoms in total. The Bertz CT molecular complexity index is 610. The summed E-state index contributed by atoms with van der Waals surface area (Å²) >= 11 is 16.0. The fourth-order valence-corrected chi connectivity index (χ4v) is 3.13. The molecular formula is C14H16BrCl2N3. The molecule has 1 unspecified atom stereocenters. The number of benzene rings is 1. The van der Waals surface area contributed by atoms with Crippen LogP contribution in [0.1, 0.15) is 37.2 Å². The quantitative estimate of drug-likeness (QED) is 0.827. The molecule has 20 heavy (non-hydrogen) atoms. The lowest BCUT2D eigenvalue weighted by molar-refractivity contribution is 0.483. The molecule has 0 saturated heterocycles. The summed E-state index contributed by atoms with van der Waals surface area (Å²) in [5.74, 6) is 0. The summed E-state index contributed by atoms with van der Waals surface area (Å²) in [6.45, 7) is 4.18. The maximum atomic E-state index is 6.35. The van der Waals surface area contributed by atoms with Gasteiger partial charge in [0.25, 0.3) is 0 Å². The average molecular weight is 377 g/mol. The van der Waals surface area contributed by atoms with Gasteiger partial charge >= 0.3 is 0 Å². The number of hydrogen-bond donors (Lipinski definition) is 1. The maximum absolute atomic E-state index is 6.35. The maximum Gasteiger partial charge on any atom is 0.0772 e. The number of nitrogens with zero attached hydrogens (tertiary/aromatic N) is 2. The van der Waals surface area contributed by atoms with Crippen molar-refractivity contribution in [2.75, 3.05) is 7.05 Å². The Morgan fingerprint density at radius 2 is 2.00 bits per heavy atom. The number of hydrogen-bond acceptors (Lipinski definition) is 2. The van der Waals surface area contributed by atoms with Crippen LogP contribution in [0.25, 0.3) is 0 Å². The van der Waals surface area contributed by atoms with Crippen LogP contribution in [-0.2, 0) is 0 Å². The van der Waals surface area contributed by atoms with E-state index in [2.05, 4.69) is 40.2 Å². The van der Waals surface area contributed by atoms with Crippen LogP contribution in [0.5, 0.6) is 0 Å². The molecule has 108 valence electrons. The van der Waals surface area contributed by atoms with Crippen molar-refractivity contribution in [3.05, 3.63) is 50.2 Å². The van der Waals surface area contributed by atoms with Gasteiger partial charge in [-0.15, -0.1) is 0 Å². The number of nitrogens with one attached hydrogen (secondary N) is 1. The lowest BCUT2D eigenvalue weighted by atomic mass is 10.0. The molecule has 0 aliphatic carbocycles. The van der Waals surface area contributed by atoms with Gasteiger partial charge in [0.15, 0.2) is 0 Å². The molecule has 0 bridgehead atoms. The van der Waals surface area contributed by atoms with Crippen LogP contribution in [0, 0.1) is 0 Å². The SMILES string of the molecule is CNC(c1cccc(Cl)c1Cl)c1c(Br)cnn1C(C)C. The van der Waals surface area contributed by atoms with Crippen molar-refractivity contribution in [1.29, 1.82) is 0 Å². The highest BCUT2D eigenvalue weighted by Crippen LogP contribution is 2.36. The first-order valence-electron chi connectivity index (χ1n) is 6.31. The minimum atomic E-state index is -0.0829. The standard InChI is InChI=1S/C14H16BrCl2N3/c1-8(2)20-14(10(15)7-19-20)13(18-3)9-5-4-6-11(16)12(9)17/h4-8,13,18H,1-3H3. The summed E-state index contributed by atoms with van der Waals surface area (Å²) in [7, 11) is 1.89. The number of halogens is 3. The van der Waals surface area contributed by atoms with Crippen molar-refractivity contribution >= 4 is 39.1 Å². The zero-order valence-corrected chi connectivity index (χ0v) is 14.6. The molecule has 0 radical (unpaired) electrons. The van der Waals surface area contributed by atoms with Crippen LogP contribution in [0.15, 0.2) is 28.9 Å². The largest absolute Gasteiger partial charge is 0.308 e. The van der Waals surface area contributed by atoms with Gasteiger partial charge in [-0.2, -0.15) is 5.10 Å². The normalized spacial score (nSPS) is 12.9. The van der Waals surface area contributed by atoms with Crippen molar-refractivity contribution in [1.82, 2.24) is 15.1 Å². The molecule has 0 aliphatic rings. The predicted molar refractivity (Wildman–Crippen MR) is 87.7 cm³/mol. The van der Waals surface area contributed by atoms with Gasteiger partial charge in [-0.25, -0.2) is 0 Å². The topological polar surface area (TPSA) is 29.9 Å². The van der Waals surface area contributed by atoms with Gasteiger partial charge in [0.05, 0.1) is 32.5 Å². The van der Waals surface area contributed by atoms with E-state index in [1.165, 1.54) is 0 Å². The van der Waals surface area contributed by atoms with Crippen LogP contribution in [0.2, 0.25) is 10.0 Å². The van der Waals surface area contributed by atoms with Crippen LogP contribution in [-0.4, -0.2) is 16.8 Å². The smallest absolute Gasteiger partial charge is 0.0772 e. The molecule has 1 aromatic carbocycles. The van der Waals surface area contributed by atoms with E-state index in [0.717, 1.165) is 15.7 Å². The third-order valence-corrected chi connectivity index (χ3v) is 4.58. The molecular weight excluding hydrogens is 361 g/mol. The zero-order valence-electron chi connectivity index (χ0n) is 11.5. The fraction of sp³-hybridized carbons (Fsp3) is 0.357. The van der Waals surface area contributed by atoms with Gasteiger partial charge in [-0.05, 0) is 48.5 Å². The molecule has 0 aliphatic heterocycles. The first kappa shape index (κ1) is 15.8. The second-order valence-electron chi connectivity index (χ2n) is 4.78. The second-order valence-corrected chi connectivity index (χ2v) is 6.42. The van der Waals surface area contributed by atoms with E-state index in [0.29, 0.717) is 10.0 Å². The summed E-state index contributed by atoms with van der Waals surface area (Å²) in [4.78, 5) is 0. The third-order valence-electron chi connectivity index (χ3n) is 3.13. The number of rotatable bonds is 4. The van der Waals surface area contributed by atoms with Gasteiger partial charge in [0, 0.05) is 6.04 Å². The van der Waals surface area contributed by atoms with E-state index in [4.69, 9.17) is 23.2 Å². The summed E-state index contributed by atoms with van der Waals surface area (Å²) in [5, 5.41) is 8.82. The van der Waals surface area contributed by atoms with Crippen molar-refractivity contribution < 1.29 is 0 Å². The monoisotopic (exact) mass is 375 g/mol. The minimum Gasteiger partial charge on any atom is -0.308 e. The highest BCUT2D eigenvalue weighted by molar-refractivity contribution is 9.10. The molecule has 1 N–H and O–H groups in total. The van der Waals surface area contributed by atoms with Crippen LogP contribution in [0.3, 0.4) is 0 Å². The lowest BCUT2D eigenvalue weighted by Gasteiger charge is -2.22. The van der Waals surface area contributed by atoms with Crippen LogP contribution >= 0.6 is 39.1 Å². The summed E-state index contributed by atoms with van der Waals surface area (Å²) in [6, 6.07) is 5.83. The molecule has 0 saturated carbocycles. The van der Waals surface area contributed by atoms with E-state index in [1.54, 1.807) is 12.3 Å². The summed E-state index contributed by atoms with van der Waals surface area (Å²) in [5.41, 5.74) is 1.97. The molecule has 1 atom stereocenters. The Kier molecular flexibility index (Phi) is 5.13. The van der Waals surface area contributed by atoms with Gasteiger partial charge < -0.3 is 5.32 Å². The fourth-order valence-electron chi connectivity index (χ4n) is 2.22. The Balaban J connectivity index is 2.58. The Morgan fingerprint density at radius 1 is 1.30 bits per heavy atom. The van der Waals surface area contributed by atoms with Crippen molar-refractivity contribution in [3.8, 4) is 0 Å². The van der Waals surface area contributed by atoms with E-state index in [1.807, 2.05) is 23.9 Å². The van der Waals surface area contributed by atoms with Crippen LogP contribution in [0.4, 0.5) is 0 Å². The number of aromatic nitrogens is 2. The van der Waals surface area contributed by atoms with Gasteiger partial charge in [-0.3, -0.25) is 4.68 Å². The Labute approximate surface area is 137 Å². The molecule has 2 rings (SSSR count). The second kappa shape index (κ2) is 6.48. The Hall–Kier alpha value is -0.550. The van der Waals surface area contributed by atoms with Crippen molar-refractivity contribution in [2.24, 2.45) is 0 Å². The van der Waals surface area contributed by atoms with E-state index >= 15 is 0 Å². The summed E-state index contributed by atoms with van der Waals surface area (Å²) in [6.07, 6.45) is 1.80. The molecule has 0 spiro atoms. The van der Waals surface area contributed by atoms with Crippen molar-refractivity contribution in [2.45, 2.75) is 25.9 Å². The molecule has 6 heteroatoms. The van der Waals surface area contributed by atoms with Gasteiger partial charge in [0.1, 0.15) is 0 Å². The first-order valence-corrected chi connectivity index (χ1v) is 7.86. The molecule has 0 fully saturated rings. The first-order chi connectivity index (χ1) is 9.47. The lowest BCUT2D eigenvalue weighted by Crippen LogP contribution is -2.23. The molecule has 1 heterocycles. The molecule has 1 aromatic heterocycles. The minimum absolute atomic E-state index is 0.0829. The average Bonchev–Trinajstić information content (AvgIpc) is 2.78. The predicted octanol–water partition coefficient (Wildman–Crippen LogP) is 4.84. The van der Waals surface area contributed by atoms with Crippen LogP contribution < -0.4 is 5.32 Å². The molecule has 2 aromatic rings. The van der Waals surface area contributed by atoms with E-state index < -0.39 is 0 Å². The van der Waals surface area contributed by atoms with E-state index in [-0.39, 0.29) is 12.1 Å². The van der Waals surface area contributed by atoms with Gasteiger partial charge in [-0.1, -0.05) is 35.3 Å². The third kappa shape index (κ3) is 2.89. The zero-order chi connectivity index (χ0) is 14.9. The Morgan fingerprint density at radius 3 is 2.60 bits per heavy atom. The molecule has 0 amide bonds. The van der Waals surface area contributed by atoms with E-state index in [9.17, 15) is 0 Å².